The van der Waals surface area contributed by atoms with Crippen molar-refractivity contribution in [3.63, 3.8) is 0 Å². The van der Waals surface area contributed by atoms with Crippen LogP contribution in [0.4, 0.5) is 0 Å². The van der Waals surface area contributed by atoms with Crippen LogP contribution in [0, 0.1) is 6.92 Å². The van der Waals surface area contributed by atoms with Crippen LogP contribution in [0.25, 0.3) is 6.08 Å². The molecule has 5 heteroatoms. The zero-order valence-electron chi connectivity index (χ0n) is 10.2. The maximum Gasteiger partial charge on any atom is 0.323 e. The van der Waals surface area contributed by atoms with Gasteiger partial charge in [0.25, 0.3) is 0 Å². The number of aryl methyl sites for hydroxylation is 1. The predicted molar refractivity (Wildman–Crippen MR) is 73.2 cm³/mol. The molecule has 0 bridgehead atoms. The number of amides is 1. The molecule has 1 rings (SSSR count). The number of rotatable bonds is 4. The Kier molecular flexibility index (Phi) is 5.09. The standard InChI is InChI=1S/C13H14BrNO3/c1-9-3-4-10(11(14)7-9)5-6-12(16)15(2)8-13(17)18/h3-7H,8H2,1-2H3,(H,17,18)/b6-5+. The molecule has 0 fully saturated rings. The lowest BCUT2D eigenvalue weighted by Crippen LogP contribution is -2.30. The number of carboxylic acid groups (broad SMARTS) is 1. The van der Waals surface area contributed by atoms with Crippen molar-refractivity contribution in [2.75, 3.05) is 13.6 Å². The Balaban J connectivity index is 2.74. The average Bonchev–Trinajstić information content (AvgIpc) is 2.26. The van der Waals surface area contributed by atoms with Gasteiger partial charge in [0.05, 0.1) is 0 Å². The van der Waals surface area contributed by atoms with E-state index in [9.17, 15) is 9.59 Å². The molecule has 4 nitrogen and oxygen atoms in total. The summed E-state index contributed by atoms with van der Waals surface area (Å²) in [5.74, 6) is -1.37. The van der Waals surface area contributed by atoms with Gasteiger partial charge in [-0.25, -0.2) is 0 Å². The first-order chi connectivity index (χ1) is 8.40. The average molecular weight is 312 g/mol. The normalized spacial score (nSPS) is 10.6. The summed E-state index contributed by atoms with van der Waals surface area (Å²) in [4.78, 5) is 23.2. The maximum atomic E-state index is 11.6. The number of nitrogens with zero attached hydrogens (tertiary/aromatic N) is 1. The fraction of sp³-hybridized carbons (Fsp3) is 0.231. The second kappa shape index (κ2) is 6.35. The molecule has 96 valence electrons. The molecule has 1 aromatic carbocycles. The van der Waals surface area contributed by atoms with Gasteiger partial charge in [-0.05, 0) is 30.2 Å². The monoisotopic (exact) mass is 311 g/mol. The van der Waals surface area contributed by atoms with Crippen LogP contribution in [-0.2, 0) is 9.59 Å². The third-order valence-corrected chi connectivity index (χ3v) is 3.00. The molecule has 0 aliphatic heterocycles. The molecule has 0 aromatic heterocycles. The van der Waals surface area contributed by atoms with Gasteiger partial charge in [-0.1, -0.05) is 28.1 Å². The largest absolute Gasteiger partial charge is 0.480 e. The number of hydrogen-bond donors (Lipinski definition) is 1. The van der Waals surface area contributed by atoms with E-state index >= 15 is 0 Å². The third-order valence-electron chi connectivity index (χ3n) is 2.31. The summed E-state index contributed by atoms with van der Waals surface area (Å²) < 4.78 is 0.896. The maximum absolute atomic E-state index is 11.6. The lowest BCUT2D eigenvalue weighted by molar-refractivity contribution is -0.141. The molecular formula is C13H14BrNO3. The minimum atomic E-state index is -1.03. The summed E-state index contributed by atoms with van der Waals surface area (Å²) in [5, 5.41) is 8.57. The number of carboxylic acids is 1. The Labute approximate surface area is 114 Å². The van der Waals surface area contributed by atoms with Gasteiger partial charge in [0.2, 0.25) is 5.91 Å². The van der Waals surface area contributed by atoms with Crippen LogP contribution in [0.2, 0.25) is 0 Å². The highest BCUT2D eigenvalue weighted by Crippen LogP contribution is 2.19. The molecule has 1 amide bonds. The van der Waals surface area contributed by atoms with Gasteiger partial charge in [0.1, 0.15) is 6.54 Å². The SMILES string of the molecule is Cc1ccc(/C=C/C(=O)N(C)CC(=O)O)c(Br)c1. The summed E-state index contributed by atoms with van der Waals surface area (Å²) >= 11 is 3.40. The van der Waals surface area contributed by atoms with E-state index in [1.165, 1.54) is 13.1 Å². The summed E-state index contributed by atoms with van der Waals surface area (Å²) in [7, 11) is 1.45. The van der Waals surface area contributed by atoms with Gasteiger partial charge in [-0.2, -0.15) is 0 Å². The quantitative estimate of drug-likeness (QED) is 0.868. The van der Waals surface area contributed by atoms with Crippen LogP contribution in [0.3, 0.4) is 0 Å². The summed E-state index contributed by atoms with van der Waals surface area (Å²) in [5.41, 5.74) is 1.99. The first-order valence-corrected chi connectivity index (χ1v) is 6.10. The van der Waals surface area contributed by atoms with Crippen LogP contribution < -0.4 is 0 Å². The van der Waals surface area contributed by atoms with Gasteiger partial charge in [-0.3, -0.25) is 9.59 Å². The highest BCUT2D eigenvalue weighted by molar-refractivity contribution is 9.10. The van der Waals surface area contributed by atoms with E-state index < -0.39 is 5.97 Å². The molecule has 0 heterocycles. The van der Waals surface area contributed by atoms with Crippen molar-refractivity contribution in [3.8, 4) is 0 Å². The molecule has 0 atom stereocenters. The zero-order valence-corrected chi connectivity index (χ0v) is 11.8. The molecule has 0 radical (unpaired) electrons. The fourth-order valence-electron chi connectivity index (χ4n) is 1.34. The van der Waals surface area contributed by atoms with E-state index in [1.807, 2.05) is 25.1 Å². The topological polar surface area (TPSA) is 57.6 Å². The Morgan fingerprint density at radius 3 is 2.67 bits per heavy atom. The van der Waals surface area contributed by atoms with Crippen LogP contribution in [0.5, 0.6) is 0 Å². The number of aliphatic carboxylic acids is 1. The molecule has 0 aliphatic rings. The van der Waals surface area contributed by atoms with Gasteiger partial charge in [0.15, 0.2) is 0 Å². The van der Waals surface area contributed by atoms with Crippen molar-refractivity contribution in [3.05, 3.63) is 39.9 Å². The number of benzene rings is 1. The molecule has 0 saturated heterocycles. The number of carbonyl (C=O) groups excluding carboxylic acids is 1. The van der Waals surface area contributed by atoms with E-state index in [2.05, 4.69) is 15.9 Å². The molecule has 0 spiro atoms. The summed E-state index contributed by atoms with van der Waals surface area (Å²) in [6.07, 6.45) is 3.02. The van der Waals surface area contributed by atoms with Crippen molar-refractivity contribution in [2.24, 2.45) is 0 Å². The Morgan fingerprint density at radius 2 is 2.11 bits per heavy atom. The van der Waals surface area contributed by atoms with Crippen LogP contribution in [0.1, 0.15) is 11.1 Å². The van der Waals surface area contributed by atoms with Crippen molar-refractivity contribution >= 4 is 33.9 Å². The second-order valence-corrected chi connectivity index (χ2v) is 4.80. The Bertz CT molecular complexity index is 497. The number of carbonyl (C=O) groups is 2. The van der Waals surface area contributed by atoms with Crippen molar-refractivity contribution < 1.29 is 14.7 Å². The first-order valence-electron chi connectivity index (χ1n) is 5.31. The summed E-state index contributed by atoms with van der Waals surface area (Å²) in [6, 6.07) is 5.78. The molecule has 1 aromatic rings. The van der Waals surface area contributed by atoms with E-state index in [0.29, 0.717) is 0 Å². The first kappa shape index (κ1) is 14.4. The number of hydrogen-bond acceptors (Lipinski definition) is 2. The van der Waals surface area contributed by atoms with Crippen molar-refractivity contribution in [1.29, 1.82) is 0 Å². The minimum Gasteiger partial charge on any atom is -0.480 e. The fourth-order valence-corrected chi connectivity index (χ4v) is 1.96. The number of likely N-dealkylation sites (N-methyl/N-ethyl adjacent to an activating group) is 1. The van der Waals surface area contributed by atoms with Crippen molar-refractivity contribution in [1.82, 2.24) is 4.90 Å². The lowest BCUT2D eigenvalue weighted by atomic mass is 10.1. The molecule has 1 N–H and O–H groups in total. The highest BCUT2D eigenvalue weighted by Gasteiger charge is 2.08. The van der Waals surface area contributed by atoms with Gasteiger partial charge in [-0.15, -0.1) is 0 Å². The van der Waals surface area contributed by atoms with Gasteiger partial charge >= 0.3 is 5.97 Å². The Hall–Kier alpha value is -1.62. The van der Waals surface area contributed by atoms with E-state index in [1.54, 1.807) is 6.08 Å². The molecule has 18 heavy (non-hydrogen) atoms. The smallest absolute Gasteiger partial charge is 0.323 e. The number of halogens is 1. The molecule has 0 unspecified atom stereocenters. The van der Waals surface area contributed by atoms with E-state index in [4.69, 9.17) is 5.11 Å². The van der Waals surface area contributed by atoms with Crippen LogP contribution in [-0.4, -0.2) is 35.5 Å². The van der Waals surface area contributed by atoms with E-state index in [0.717, 1.165) is 20.5 Å². The summed E-state index contributed by atoms with van der Waals surface area (Å²) in [6.45, 7) is 1.67. The third kappa shape index (κ3) is 4.33. The highest BCUT2D eigenvalue weighted by atomic mass is 79.9. The van der Waals surface area contributed by atoms with Gasteiger partial charge < -0.3 is 10.0 Å². The lowest BCUT2D eigenvalue weighted by Gasteiger charge is -2.11. The minimum absolute atomic E-state index is 0.307. The second-order valence-electron chi connectivity index (χ2n) is 3.95. The molecule has 0 saturated carbocycles. The predicted octanol–water partition coefficient (Wildman–Crippen LogP) is 2.31. The van der Waals surface area contributed by atoms with Crippen molar-refractivity contribution in [2.45, 2.75) is 6.92 Å². The van der Waals surface area contributed by atoms with E-state index in [-0.39, 0.29) is 12.5 Å². The molecular weight excluding hydrogens is 298 g/mol. The van der Waals surface area contributed by atoms with Crippen LogP contribution in [0.15, 0.2) is 28.7 Å². The molecule has 0 aliphatic carbocycles. The van der Waals surface area contributed by atoms with Crippen LogP contribution >= 0.6 is 15.9 Å². The zero-order chi connectivity index (χ0) is 13.7. The van der Waals surface area contributed by atoms with Gasteiger partial charge in [0, 0.05) is 17.6 Å². The Morgan fingerprint density at radius 1 is 1.44 bits per heavy atom.